The van der Waals surface area contributed by atoms with Crippen LogP contribution in [0.3, 0.4) is 0 Å². The number of amides is 2. The maximum absolute atomic E-state index is 11.0. The molecule has 1 aliphatic carbocycles. The van der Waals surface area contributed by atoms with Crippen LogP contribution in [0.15, 0.2) is 0 Å². The van der Waals surface area contributed by atoms with Crippen LogP contribution in [0.2, 0.25) is 0 Å². The Balaban J connectivity index is 2.28. The Morgan fingerprint density at radius 3 is 2.58 bits per heavy atom. The van der Waals surface area contributed by atoms with Gasteiger partial charge in [-0.05, 0) is 18.3 Å². The van der Waals surface area contributed by atoms with Gasteiger partial charge in [-0.3, -0.25) is 4.84 Å². The van der Waals surface area contributed by atoms with Crippen molar-refractivity contribution in [2.24, 2.45) is 5.41 Å². The van der Waals surface area contributed by atoms with Crippen molar-refractivity contribution in [3.63, 3.8) is 0 Å². The summed E-state index contributed by atoms with van der Waals surface area (Å²) < 4.78 is 0. The maximum Gasteiger partial charge on any atom is 0.338 e. The van der Waals surface area contributed by atoms with E-state index >= 15 is 0 Å². The van der Waals surface area contributed by atoms with E-state index in [1.807, 2.05) is 0 Å². The molecule has 12 heavy (non-hydrogen) atoms. The second-order valence-corrected chi connectivity index (χ2v) is 3.86. The van der Waals surface area contributed by atoms with Crippen LogP contribution in [0.1, 0.15) is 26.7 Å². The van der Waals surface area contributed by atoms with E-state index in [0.717, 1.165) is 6.42 Å². The molecule has 0 heterocycles. The number of nitrogens with one attached hydrogen (secondary N) is 2. The first-order chi connectivity index (χ1) is 5.56. The van der Waals surface area contributed by atoms with Crippen LogP contribution < -0.4 is 10.8 Å². The Bertz CT molecular complexity index is 180. The minimum atomic E-state index is -0.254. The smallest absolute Gasteiger partial charge is 0.333 e. The van der Waals surface area contributed by atoms with E-state index in [0.29, 0.717) is 0 Å². The Morgan fingerprint density at radius 1 is 1.58 bits per heavy atom. The van der Waals surface area contributed by atoms with Crippen molar-refractivity contribution in [3.05, 3.63) is 0 Å². The third-order valence-electron chi connectivity index (χ3n) is 2.52. The van der Waals surface area contributed by atoms with Crippen molar-refractivity contribution >= 4 is 6.03 Å². The van der Waals surface area contributed by atoms with E-state index in [4.69, 9.17) is 0 Å². The summed E-state index contributed by atoms with van der Waals surface area (Å²) in [7, 11) is 1.42. The topological polar surface area (TPSA) is 50.4 Å². The van der Waals surface area contributed by atoms with Crippen LogP contribution in [0.5, 0.6) is 0 Å². The summed E-state index contributed by atoms with van der Waals surface area (Å²) in [5, 5.41) is 2.83. The fourth-order valence-corrected chi connectivity index (χ4v) is 1.41. The van der Waals surface area contributed by atoms with Crippen molar-refractivity contribution in [2.45, 2.75) is 32.7 Å². The molecule has 1 fully saturated rings. The number of urea groups is 1. The molecule has 2 amide bonds. The fourth-order valence-electron chi connectivity index (χ4n) is 1.41. The van der Waals surface area contributed by atoms with Crippen molar-refractivity contribution in [2.75, 3.05) is 7.11 Å². The molecule has 0 aliphatic heterocycles. The van der Waals surface area contributed by atoms with Crippen molar-refractivity contribution < 1.29 is 9.63 Å². The molecule has 0 radical (unpaired) electrons. The Labute approximate surface area is 72.6 Å². The number of hydroxylamine groups is 1. The van der Waals surface area contributed by atoms with Crippen LogP contribution in [0, 0.1) is 5.41 Å². The molecular weight excluding hydrogens is 156 g/mol. The average Bonchev–Trinajstić information content (AvgIpc) is 1.99. The second-order valence-electron chi connectivity index (χ2n) is 3.86. The van der Waals surface area contributed by atoms with Crippen LogP contribution in [0.4, 0.5) is 4.79 Å². The van der Waals surface area contributed by atoms with Gasteiger partial charge in [0.15, 0.2) is 0 Å². The first-order valence-electron chi connectivity index (χ1n) is 4.16. The summed E-state index contributed by atoms with van der Waals surface area (Å²) in [5.41, 5.74) is 2.47. The maximum atomic E-state index is 11.0. The lowest BCUT2D eigenvalue weighted by atomic mass is 9.67. The van der Waals surface area contributed by atoms with E-state index in [1.165, 1.54) is 13.5 Å². The molecule has 4 heteroatoms. The normalized spacial score (nSPS) is 25.8. The third kappa shape index (κ3) is 1.88. The van der Waals surface area contributed by atoms with Crippen molar-refractivity contribution in [3.8, 4) is 0 Å². The van der Waals surface area contributed by atoms with Gasteiger partial charge in [0, 0.05) is 6.04 Å². The zero-order valence-electron chi connectivity index (χ0n) is 7.81. The number of carbonyl (C=O) groups excluding carboxylic acids is 1. The summed E-state index contributed by atoms with van der Waals surface area (Å²) in [6.07, 6.45) is 2.23. The molecule has 0 saturated heterocycles. The standard InChI is InChI=1S/C8H16N2O2/c1-8(2)5-4-6(8)9-7(11)10-12-3/h6H,4-5H2,1-3H3,(H2,9,10,11). The highest BCUT2D eigenvalue weighted by Gasteiger charge is 2.39. The predicted molar refractivity (Wildman–Crippen MR) is 45.5 cm³/mol. The molecule has 2 N–H and O–H groups in total. The van der Waals surface area contributed by atoms with E-state index in [1.54, 1.807) is 0 Å². The first-order valence-corrected chi connectivity index (χ1v) is 4.16. The first kappa shape index (κ1) is 9.32. The number of hydrogen-bond acceptors (Lipinski definition) is 2. The van der Waals surface area contributed by atoms with E-state index in [9.17, 15) is 4.79 Å². The summed E-state index contributed by atoms with van der Waals surface area (Å²) in [4.78, 5) is 15.5. The van der Waals surface area contributed by atoms with Gasteiger partial charge in [0.2, 0.25) is 0 Å². The van der Waals surface area contributed by atoms with Crippen LogP contribution in [-0.4, -0.2) is 19.2 Å². The lowest BCUT2D eigenvalue weighted by Crippen LogP contribution is -2.54. The SMILES string of the molecule is CONC(=O)NC1CCC1(C)C. The lowest BCUT2D eigenvalue weighted by Gasteiger charge is -2.44. The molecule has 0 spiro atoms. The Hall–Kier alpha value is -0.770. The van der Waals surface area contributed by atoms with Gasteiger partial charge in [-0.2, -0.15) is 0 Å². The Kier molecular flexibility index (Phi) is 2.57. The molecule has 4 nitrogen and oxygen atoms in total. The summed E-state index contributed by atoms with van der Waals surface area (Å²) >= 11 is 0. The molecule has 1 atom stereocenters. The van der Waals surface area contributed by atoms with Gasteiger partial charge in [0.25, 0.3) is 0 Å². The van der Waals surface area contributed by atoms with Gasteiger partial charge in [0.1, 0.15) is 0 Å². The minimum Gasteiger partial charge on any atom is -0.333 e. The van der Waals surface area contributed by atoms with E-state index in [2.05, 4.69) is 29.5 Å². The molecule has 1 rings (SSSR count). The van der Waals surface area contributed by atoms with Crippen LogP contribution in [-0.2, 0) is 4.84 Å². The summed E-state index contributed by atoms with van der Waals surface area (Å²) in [5.74, 6) is 0. The molecule has 0 bridgehead atoms. The summed E-state index contributed by atoms with van der Waals surface area (Å²) in [6.45, 7) is 4.29. The Morgan fingerprint density at radius 2 is 2.25 bits per heavy atom. The highest BCUT2D eigenvalue weighted by molar-refractivity contribution is 5.73. The lowest BCUT2D eigenvalue weighted by molar-refractivity contribution is 0.0809. The van der Waals surface area contributed by atoms with Gasteiger partial charge < -0.3 is 5.32 Å². The van der Waals surface area contributed by atoms with E-state index in [-0.39, 0.29) is 17.5 Å². The van der Waals surface area contributed by atoms with Gasteiger partial charge in [0.05, 0.1) is 7.11 Å². The average molecular weight is 172 g/mol. The quantitative estimate of drug-likeness (QED) is 0.611. The van der Waals surface area contributed by atoms with Gasteiger partial charge in [-0.15, -0.1) is 0 Å². The summed E-state index contributed by atoms with van der Waals surface area (Å²) in [6, 6.07) is 0.0305. The molecule has 1 unspecified atom stereocenters. The molecule has 70 valence electrons. The molecule has 0 aromatic heterocycles. The van der Waals surface area contributed by atoms with Gasteiger partial charge >= 0.3 is 6.03 Å². The monoisotopic (exact) mass is 172 g/mol. The number of hydrogen-bond donors (Lipinski definition) is 2. The minimum absolute atomic E-state index is 0.241. The number of carbonyl (C=O) groups is 1. The molecule has 0 aromatic carbocycles. The van der Waals surface area contributed by atoms with Crippen LogP contribution in [0.25, 0.3) is 0 Å². The van der Waals surface area contributed by atoms with Gasteiger partial charge in [-0.1, -0.05) is 13.8 Å². The van der Waals surface area contributed by atoms with Crippen molar-refractivity contribution in [1.82, 2.24) is 10.8 Å². The zero-order chi connectivity index (χ0) is 9.19. The molecule has 1 saturated carbocycles. The highest BCUT2D eigenvalue weighted by Crippen LogP contribution is 2.39. The second kappa shape index (κ2) is 3.31. The van der Waals surface area contributed by atoms with Crippen molar-refractivity contribution in [1.29, 1.82) is 0 Å². The molecule has 1 aliphatic rings. The molecule has 0 aromatic rings. The fraction of sp³-hybridized carbons (Fsp3) is 0.875. The predicted octanol–water partition coefficient (Wildman–Crippen LogP) is 1.04. The van der Waals surface area contributed by atoms with Crippen LogP contribution >= 0.6 is 0 Å². The zero-order valence-corrected chi connectivity index (χ0v) is 7.81. The highest BCUT2D eigenvalue weighted by atomic mass is 16.6. The number of rotatable bonds is 2. The largest absolute Gasteiger partial charge is 0.338 e. The van der Waals surface area contributed by atoms with E-state index < -0.39 is 0 Å². The van der Waals surface area contributed by atoms with Gasteiger partial charge in [-0.25, -0.2) is 10.3 Å². The third-order valence-corrected chi connectivity index (χ3v) is 2.52. The molecular formula is C8H16N2O2.